The van der Waals surface area contributed by atoms with E-state index in [0.717, 1.165) is 55.9 Å². The van der Waals surface area contributed by atoms with Crippen LogP contribution in [0.25, 0.3) is 11.0 Å². The molecule has 0 spiro atoms. The molecule has 2 aliphatic rings. The minimum atomic E-state index is -0.394. The number of nitrogens with two attached hydrogens (primary N) is 1. The standard InChI is InChI=1S/C22H33N5O/c1-2-17-6-3-4-13-26(17)14-15-27-19-8-5-7-18(21(23)28)20(19)25-22(27)16-9-11-24-12-10-16/h5,7-8,16-17,24H,2-4,6,9-15H2,1H3,(H2,23,28). The lowest BCUT2D eigenvalue weighted by atomic mass is 9.97. The summed E-state index contributed by atoms with van der Waals surface area (Å²) in [4.78, 5) is 19.6. The molecule has 152 valence electrons. The van der Waals surface area contributed by atoms with E-state index in [1.165, 1.54) is 32.2 Å². The molecule has 0 aliphatic carbocycles. The first-order valence-corrected chi connectivity index (χ1v) is 10.9. The fraction of sp³-hybridized carbons (Fsp3) is 0.636. The van der Waals surface area contributed by atoms with Crippen molar-refractivity contribution in [2.75, 3.05) is 26.2 Å². The number of nitrogens with zero attached hydrogens (tertiary/aromatic N) is 3. The third kappa shape index (κ3) is 3.80. The van der Waals surface area contributed by atoms with Crippen LogP contribution in [0.2, 0.25) is 0 Å². The number of para-hydroxylation sites is 1. The lowest BCUT2D eigenvalue weighted by Crippen LogP contribution is -2.41. The van der Waals surface area contributed by atoms with Gasteiger partial charge in [-0.2, -0.15) is 0 Å². The average Bonchev–Trinajstić information content (AvgIpc) is 3.11. The highest BCUT2D eigenvalue weighted by molar-refractivity contribution is 6.04. The van der Waals surface area contributed by atoms with Crippen molar-refractivity contribution in [3.05, 3.63) is 29.6 Å². The van der Waals surface area contributed by atoms with Crippen LogP contribution in [0.1, 0.15) is 67.5 Å². The average molecular weight is 384 g/mol. The summed E-state index contributed by atoms with van der Waals surface area (Å²) in [6.07, 6.45) is 7.37. The first kappa shape index (κ1) is 19.4. The van der Waals surface area contributed by atoms with Crippen LogP contribution in [0.4, 0.5) is 0 Å². The molecule has 2 saturated heterocycles. The third-order valence-corrected chi connectivity index (χ3v) is 6.61. The molecule has 3 N–H and O–H groups in total. The zero-order chi connectivity index (χ0) is 19.5. The number of carbonyl (C=O) groups excluding carboxylic acids is 1. The molecule has 4 rings (SSSR count). The van der Waals surface area contributed by atoms with Gasteiger partial charge in [0.2, 0.25) is 0 Å². The van der Waals surface area contributed by atoms with Gasteiger partial charge in [-0.15, -0.1) is 0 Å². The van der Waals surface area contributed by atoms with Crippen molar-refractivity contribution in [2.24, 2.45) is 5.73 Å². The van der Waals surface area contributed by atoms with Gasteiger partial charge in [0.15, 0.2) is 0 Å². The van der Waals surface area contributed by atoms with Gasteiger partial charge in [0.1, 0.15) is 11.3 Å². The van der Waals surface area contributed by atoms with Gasteiger partial charge >= 0.3 is 0 Å². The minimum Gasteiger partial charge on any atom is -0.366 e. The number of carbonyl (C=O) groups is 1. The van der Waals surface area contributed by atoms with Crippen LogP contribution in [0.5, 0.6) is 0 Å². The molecule has 0 saturated carbocycles. The van der Waals surface area contributed by atoms with E-state index in [1.54, 1.807) is 6.07 Å². The van der Waals surface area contributed by atoms with Crippen LogP contribution in [-0.2, 0) is 6.54 Å². The lowest BCUT2D eigenvalue weighted by Gasteiger charge is -2.35. The summed E-state index contributed by atoms with van der Waals surface area (Å²) in [6, 6.07) is 6.52. The Labute approximate surface area is 167 Å². The summed E-state index contributed by atoms with van der Waals surface area (Å²) in [7, 11) is 0. The predicted octanol–water partition coefficient (Wildman–Crippen LogP) is 2.87. The Morgan fingerprint density at radius 3 is 2.79 bits per heavy atom. The zero-order valence-electron chi connectivity index (χ0n) is 17.0. The molecule has 1 unspecified atom stereocenters. The van der Waals surface area contributed by atoms with Crippen molar-refractivity contribution >= 4 is 16.9 Å². The Balaban J connectivity index is 1.68. The number of benzene rings is 1. The Hall–Kier alpha value is -1.92. The second kappa shape index (κ2) is 8.62. The van der Waals surface area contributed by atoms with Crippen molar-refractivity contribution < 1.29 is 4.79 Å². The molecule has 1 amide bonds. The fourth-order valence-corrected chi connectivity index (χ4v) is 5.04. The van der Waals surface area contributed by atoms with Crippen LogP contribution in [0.15, 0.2) is 18.2 Å². The topological polar surface area (TPSA) is 76.2 Å². The maximum absolute atomic E-state index is 12.0. The molecule has 28 heavy (non-hydrogen) atoms. The minimum absolute atomic E-state index is 0.394. The number of hydrogen-bond donors (Lipinski definition) is 2. The van der Waals surface area contributed by atoms with Gasteiger partial charge in [0, 0.05) is 25.0 Å². The predicted molar refractivity (Wildman–Crippen MR) is 113 cm³/mol. The maximum Gasteiger partial charge on any atom is 0.250 e. The van der Waals surface area contributed by atoms with Crippen LogP contribution in [-0.4, -0.2) is 52.6 Å². The number of hydrogen-bond acceptors (Lipinski definition) is 4. The van der Waals surface area contributed by atoms with Crippen molar-refractivity contribution in [1.29, 1.82) is 0 Å². The molecule has 2 aliphatic heterocycles. The number of likely N-dealkylation sites (tertiary alicyclic amines) is 1. The maximum atomic E-state index is 12.0. The number of primary amides is 1. The zero-order valence-corrected chi connectivity index (χ0v) is 17.0. The monoisotopic (exact) mass is 383 g/mol. The lowest BCUT2D eigenvalue weighted by molar-refractivity contribution is 0.100. The van der Waals surface area contributed by atoms with Gasteiger partial charge in [-0.1, -0.05) is 19.4 Å². The van der Waals surface area contributed by atoms with Crippen LogP contribution in [0.3, 0.4) is 0 Å². The summed E-state index contributed by atoms with van der Waals surface area (Å²) < 4.78 is 2.37. The van der Waals surface area contributed by atoms with E-state index in [0.29, 0.717) is 17.5 Å². The van der Waals surface area contributed by atoms with Crippen molar-refractivity contribution in [2.45, 2.75) is 64.0 Å². The van der Waals surface area contributed by atoms with Crippen molar-refractivity contribution in [3.8, 4) is 0 Å². The quantitative estimate of drug-likeness (QED) is 0.804. The molecule has 2 fully saturated rings. The third-order valence-electron chi connectivity index (χ3n) is 6.61. The first-order valence-electron chi connectivity index (χ1n) is 10.9. The number of rotatable bonds is 6. The molecular weight excluding hydrogens is 350 g/mol. The van der Waals surface area contributed by atoms with Gasteiger partial charge < -0.3 is 15.6 Å². The van der Waals surface area contributed by atoms with E-state index in [4.69, 9.17) is 10.7 Å². The summed E-state index contributed by atoms with van der Waals surface area (Å²) >= 11 is 0. The number of aromatic nitrogens is 2. The summed E-state index contributed by atoms with van der Waals surface area (Å²) in [5.74, 6) is 1.18. The molecule has 1 aromatic heterocycles. The van der Waals surface area contributed by atoms with Crippen LogP contribution < -0.4 is 11.1 Å². The van der Waals surface area contributed by atoms with Gasteiger partial charge in [-0.3, -0.25) is 9.69 Å². The van der Waals surface area contributed by atoms with E-state index >= 15 is 0 Å². The first-order chi connectivity index (χ1) is 13.7. The molecule has 0 radical (unpaired) electrons. The molecule has 0 bridgehead atoms. The van der Waals surface area contributed by atoms with E-state index in [9.17, 15) is 4.79 Å². The SMILES string of the molecule is CCC1CCCCN1CCn1c(C2CCNCC2)nc2c(C(N)=O)cccc21. The molecule has 6 heteroatoms. The number of amides is 1. The smallest absolute Gasteiger partial charge is 0.250 e. The Morgan fingerprint density at radius 1 is 1.21 bits per heavy atom. The van der Waals surface area contributed by atoms with E-state index in [2.05, 4.69) is 27.8 Å². The van der Waals surface area contributed by atoms with Crippen LogP contribution in [0, 0.1) is 0 Å². The molecular formula is C22H33N5O. The number of fused-ring (bicyclic) bond motifs is 1. The number of nitrogens with one attached hydrogen (secondary N) is 1. The summed E-state index contributed by atoms with van der Waals surface area (Å²) in [5.41, 5.74) is 8.00. The van der Waals surface area contributed by atoms with Crippen molar-refractivity contribution in [3.63, 3.8) is 0 Å². The van der Waals surface area contributed by atoms with Gasteiger partial charge in [0.25, 0.3) is 5.91 Å². The molecule has 6 nitrogen and oxygen atoms in total. The summed E-state index contributed by atoms with van der Waals surface area (Å²) in [6.45, 7) is 7.52. The highest BCUT2D eigenvalue weighted by Crippen LogP contribution is 2.30. The highest BCUT2D eigenvalue weighted by Gasteiger charge is 2.26. The number of imidazole rings is 1. The molecule has 1 atom stereocenters. The molecule has 2 aromatic rings. The van der Waals surface area contributed by atoms with E-state index in [-0.39, 0.29) is 0 Å². The Morgan fingerprint density at radius 2 is 2.04 bits per heavy atom. The Kier molecular flexibility index (Phi) is 5.97. The van der Waals surface area contributed by atoms with Gasteiger partial charge in [-0.25, -0.2) is 4.98 Å². The van der Waals surface area contributed by atoms with E-state index in [1.807, 2.05) is 6.07 Å². The fourth-order valence-electron chi connectivity index (χ4n) is 5.04. The largest absolute Gasteiger partial charge is 0.366 e. The van der Waals surface area contributed by atoms with Crippen LogP contribution >= 0.6 is 0 Å². The normalized spacial score (nSPS) is 22.0. The van der Waals surface area contributed by atoms with Gasteiger partial charge in [-0.05, 0) is 63.9 Å². The second-order valence-corrected chi connectivity index (χ2v) is 8.28. The molecule has 1 aromatic carbocycles. The number of piperidine rings is 2. The van der Waals surface area contributed by atoms with Gasteiger partial charge in [0.05, 0.1) is 11.1 Å². The molecule has 3 heterocycles. The Bertz CT molecular complexity index is 824. The van der Waals surface area contributed by atoms with Crippen molar-refractivity contribution in [1.82, 2.24) is 19.8 Å². The summed E-state index contributed by atoms with van der Waals surface area (Å²) in [5, 5.41) is 3.45. The second-order valence-electron chi connectivity index (χ2n) is 8.28. The van der Waals surface area contributed by atoms with E-state index < -0.39 is 5.91 Å². The highest BCUT2D eigenvalue weighted by atomic mass is 16.1.